The molecule has 0 spiro atoms. The van der Waals surface area contributed by atoms with Crippen LogP contribution in [0.4, 0.5) is 0 Å². The van der Waals surface area contributed by atoms with E-state index in [1.165, 1.54) is 6.07 Å². The fourth-order valence-corrected chi connectivity index (χ4v) is 9.50. The van der Waals surface area contributed by atoms with Gasteiger partial charge in [-0.2, -0.15) is 0 Å². The van der Waals surface area contributed by atoms with E-state index in [-0.39, 0.29) is 11.5 Å². The predicted octanol–water partition coefficient (Wildman–Crippen LogP) is 6.13. The molecule has 0 saturated heterocycles. The molecule has 2 aromatic rings. The third kappa shape index (κ3) is 3.41. The van der Waals surface area contributed by atoms with E-state index in [2.05, 4.69) is 53.0 Å². The highest BCUT2D eigenvalue weighted by Crippen LogP contribution is 2.41. The number of fused-ring (bicyclic) bond motifs is 1. The largest absolute Gasteiger partial charge is 0.508 e. The summed E-state index contributed by atoms with van der Waals surface area (Å²) in [5.74, 6) is 3.64. The molecule has 0 aliphatic carbocycles. The van der Waals surface area contributed by atoms with Gasteiger partial charge in [0.1, 0.15) is 19.6 Å². The number of phenols is 2. The summed E-state index contributed by atoms with van der Waals surface area (Å²) in [6.45, 7) is 15.8. The van der Waals surface area contributed by atoms with E-state index < -0.39 is 8.07 Å². The molecule has 0 fully saturated rings. The van der Waals surface area contributed by atoms with Crippen LogP contribution in [0.1, 0.15) is 52.7 Å². The van der Waals surface area contributed by atoms with Crippen LogP contribution < -0.4 is 0 Å². The van der Waals surface area contributed by atoms with Gasteiger partial charge >= 0.3 is 0 Å². The average Bonchev–Trinajstić information content (AvgIpc) is 2.48. The third-order valence-electron chi connectivity index (χ3n) is 5.56. The normalized spacial score (nSPS) is 12.1. The molecule has 0 aliphatic rings. The fourth-order valence-electron chi connectivity index (χ4n) is 4.30. The van der Waals surface area contributed by atoms with Crippen LogP contribution in [0.2, 0.25) is 16.6 Å². The van der Waals surface area contributed by atoms with Gasteiger partial charge in [0.05, 0.1) is 0 Å². The van der Waals surface area contributed by atoms with Crippen molar-refractivity contribution in [1.82, 2.24) is 0 Å². The fraction of sp³-hybridized carbons (Fsp3) is 0.455. The summed E-state index contributed by atoms with van der Waals surface area (Å²) in [5.41, 5.74) is 7.37. The molecule has 0 atom stereocenters. The monoisotopic (exact) mass is 354 g/mol. The Kier molecular flexibility index (Phi) is 5.54. The molecule has 0 amide bonds. The predicted molar refractivity (Wildman–Crippen MR) is 110 cm³/mol. The summed E-state index contributed by atoms with van der Waals surface area (Å²) in [7, 11) is -1.84. The van der Waals surface area contributed by atoms with Crippen LogP contribution in [0.25, 0.3) is 10.8 Å². The summed E-state index contributed by atoms with van der Waals surface area (Å²) in [5, 5.41) is 21.7. The summed E-state index contributed by atoms with van der Waals surface area (Å²) in [6, 6.07) is 7.00. The standard InChI is InChI=1S/C22H30O2Si/c1-14(2)25(15(3)4,16(5)6)11-10-20-17(7)8-9-18-12-19(23)13-21(24)22(18)20/h8-9,12-16,23-24H,1-7H3. The van der Waals surface area contributed by atoms with Gasteiger partial charge in [-0.25, -0.2) is 0 Å². The molecule has 3 heteroatoms. The van der Waals surface area contributed by atoms with E-state index in [9.17, 15) is 10.2 Å². The zero-order valence-corrected chi connectivity index (χ0v) is 17.4. The molecular formula is C22H30O2Si. The third-order valence-corrected chi connectivity index (χ3v) is 11.9. The Morgan fingerprint density at radius 2 is 1.44 bits per heavy atom. The first-order chi connectivity index (χ1) is 11.6. The Morgan fingerprint density at radius 1 is 0.880 bits per heavy atom. The molecule has 0 saturated carbocycles. The van der Waals surface area contributed by atoms with Gasteiger partial charge in [-0.15, -0.1) is 5.54 Å². The smallest absolute Gasteiger partial charge is 0.146 e. The van der Waals surface area contributed by atoms with Gasteiger partial charge in [0, 0.05) is 17.0 Å². The molecule has 2 nitrogen and oxygen atoms in total. The minimum absolute atomic E-state index is 0.0722. The van der Waals surface area contributed by atoms with E-state index in [0.717, 1.165) is 21.9 Å². The van der Waals surface area contributed by atoms with E-state index in [4.69, 9.17) is 0 Å². The second-order valence-corrected chi connectivity index (χ2v) is 13.5. The molecule has 2 aromatic carbocycles. The molecule has 0 aromatic heterocycles. The molecule has 0 aliphatic heterocycles. The van der Waals surface area contributed by atoms with Crippen molar-refractivity contribution >= 4 is 18.8 Å². The number of rotatable bonds is 3. The number of hydrogen-bond acceptors (Lipinski definition) is 2. The molecule has 2 N–H and O–H groups in total. The zero-order valence-electron chi connectivity index (χ0n) is 16.4. The number of benzene rings is 2. The highest BCUT2D eigenvalue weighted by molar-refractivity contribution is 6.90. The second-order valence-electron chi connectivity index (χ2n) is 7.97. The first-order valence-corrected chi connectivity index (χ1v) is 11.3. The lowest BCUT2D eigenvalue weighted by molar-refractivity contribution is 0.455. The van der Waals surface area contributed by atoms with Crippen molar-refractivity contribution in [3.05, 3.63) is 35.4 Å². The topological polar surface area (TPSA) is 40.5 Å². The van der Waals surface area contributed by atoms with Gasteiger partial charge in [0.2, 0.25) is 0 Å². The van der Waals surface area contributed by atoms with Crippen LogP contribution in [0.5, 0.6) is 11.5 Å². The van der Waals surface area contributed by atoms with E-state index >= 15 is 0 Å². The number of aryl methyl sites for hydroxylation is 1. The van der Waals surface area contributed by atoms with E-state index in [1.807, 2.05) is 19.1 Å². The van der Waals surface area contributed by atoms with Crippen molar-refractivity contribution in [2.24, 2.45) is 0 Å². The van der Waals surface area contributed by atoms with Gasteiger partial charge in [-0.05, 0) is 40.6 Å². The number of hydrogen-bond donors (Lipinski definition) is 2. The van der Waals surface area contributed by atoms with Gasteiger partial charge in [0.25, 0.3) is 0 Å². The molecule has 0 unspecified atom stereocenters. The van der Waals surface area contributed by atoms with Crippen LogP contribution in [0, 0.1) is 18.4 Å². The first-order valence-electron chi connectivity index (χ1n) is 9.09. The molecule has 0 bridgehead atoms. The van der Waals surface area contributed by atoms with Crippen LogP contribution in [-0.2, 0) is 0 Å². The lowest BCUT2D eigenvalue weighted by Gasteiger charge is -2.38. The molecule has 134 valence electrons. The summed E-state index contributed by atoms with van der Waals surface area (Å²) in [4.78, 5) is 0. The summed E-state index contributed by atoms with van der Waals surface area (Å²) in [6.07, 6.45) is 0. The minimum Gasteiger partial charge on any atom is -0.508 e. The second kappa shape index (κ2) is 7.13. The average molecular weight is 355 g/mol. The van der Waals surface area contributed by atoms with Crippen molar-refractivity contribution < 1.29 is 10.2 Å². The number of aromatic hydroxyl groups is 2. The molecule has 0 radical (unpaired) electrons. The molecular weight excluding hydrogens is 324 g/mol. The van der Waals surface area contributed by atoms with Crippen LogP contribution >= 0.6 is 0 Å². The Balaban J connectivity index is 2.77. The summed E-state index contributed by atoms with van der Waals surface area (Å²) >= 11 is 0. The maximum Gasteiger partial charge on any atom is 0.146 e. The lowest BCUT2D eigenvalue weighted by Crippen LogP contribution is -2.43. The Morgan fingerprint density at radius 3 is 1.96 bits per heavy atom. The maximum atomic E-state index is 10.4. The van der Waals surface area contributed by atoms with E-state index in [0.29, 0.717) is 16.6 Å². The Bertz CT molecular complexity index is 817. The van der Waals surface area contributed by atoms with Gasteiger partial charge in [-0.1, -0.05) is 59.6 Å². The van der Waals surface area contributed by atoms with Crippen molar-refractivity contribution in [3.63, 3.8) is 0 Å². The SMILES string of the molecule is Cc1ccc2cc(O)cc(O)c2c1C#C[Si](C(C)C)(C(C)C)C(C)C. The Hall–Kier alpha value is -1.92. The van der Waals surface area contributed by atoms with Crippen LogP contribution in [-0.4, -0.2) is 18.3 Å². The van der Waals surface area contributed by atoms with Crippen molar-refractivity contribution in [2.75, 3.05) is 0 Å². The Labute approximate surface area is 152 Å². The minimum atomic E-state index is -1.84. The molecule has 25 heavy (non-hydrogen) atoms. The maximum absolute atomic E-state index is 10.4. The van der Waals surface area contributed by atoms with Gasteiger partial charge in [0.15, 0.2) is 0 Å². The van der Waals surface area contributed by atoms with Crippen molar-refractivity contribution in [2.45, 2.75) is 65.1 Å². The number of phenolic OH excluding ortho intramolecular Hbond substituents is 2. The molecule has 0 heterocycles. The van der Waals surface area contributed by atoms with Crippen LogP contribution in [0.15, 0.2) is 24.3 Å². The van der Waals surface area contributed by atoms with Crippen molar-refractivity contribution in [1.29, 1.82) is 0 Å². The van der Waals surface area contributed by atoms with Crippen LogP contribution in [0.3, 0.4) is 0 Å². The quantitative estimate of drug-likeness (QED) is 0.514. The van der Waals surface area contributed by atoms with Crippen molar-refractivity contribution in [3.8, 4) is 23.0 Å². The highest BCUT2D eigenvalue weighted by atomic mass is 28.3. The summed E-state index contributed by atoms with van der Waals surface area (Å²) < 4.78 is 0. The van der Waals surface area contributed by atoms with E-state index in [1.54, 1.807) is 6.07 Å². The van der Waals surface area contributed by atoms with Gasteiger partial charge in [-0.3, -0.25) is 0 Å². The first kappa shape index (κ1) is 19.4. The van der Waals surface area contributed by atoms with Gasteiger partial charge < -0.3 is 10.2 Å². The zero-order chi connectivity index (χ0) is 18.9. The highest BCUT2D eigenvalue weighted by Gasteiger charge is 2.41. The molecule has 2 rings (SSSR count). The lowest BCUT2D eigenvalue weighted by atomic mass is 9.99.